The SMILES string of the molecule is N=CN(O)C/N=N/N=N/N=N/N=N/N=N/N=N/N=N. The maximum Gasteiger partial charge on any atom is 0.159 e. The third-order valence-corrected chi connectivity index (χ3v) is 0.865. The molecule has 100 valence electrons. The van der Waals surface area contributed by atoms with Crippen molar-refractivity contribution in [3.63, 3.8) is 0 Å². The van der Waals surface area contributed by atoms with Gasteiger partial charge in [-0.2, -0.15) is 5.53 Å². The molecule has 0 saturated carbocycles. The van der Waals surface area contributed by atoms with E-state index < -0.39 is 0 Å². The first-order valence-corrected chi connectivity index (χ1v) is 4.00. The van der Waals surface area contributed by atoms with Gasteiger partial charge in [-0.05, 0) is 62.7 Å². The van der Waals surface area contributed by atoms with Crippen molar-refractivity contribution in [2.75, 3.05) is 6.67 Å². The van der Waals surface area contributed by atoms with Crippen molar-refractivity contribution in [1.29, 1.82) is 10.9 Å². The number of rotatable bonds is 9. The van der Waals surface area contributed by atoms with Crippen LogP contribution in [0, 0.1) is 10.9 Å². The molecular weight excluding hydrogens is 264 g/mol. The smallest absolute Gasteiger partial charge is 0.159 e. The van der Waals surface area contributed by atoms with Gasteiger partial charge in [0.15, 0.2) is 6.67 Å². The summed E-state index contributed by atoms with van der Waals surface area (Å²) in [4.78, 5) is 0. The van der Waals surface area contributed by atoms with E-state index >= 15 is 0 Å². The first-order valence-electron chi connectivity index (χ1n) is 4.00. The molecule has 0 bridgehead atoms. The zero-order valence-electron chi connectivity index (χ0n) is 8.99. The second-order valence-corrected chi connectivity index (χ2v) is 1.94. The average molecular weight is 270 g/mol. The highest BCUT2D eigenvalue weighted by atomic mass is 16.5. The third kappa shape index (κ3) is 12.6. The lowest BCUT2D eigenvalue weighted by atomic mass is 11.0. The summed E-state index contributed by atoms with van der Waals surface area (Å²) in [5, 5.41) is 54.0. The van der Waals surface area contributed by atoms with Crippen LogP contribution < -0.4 is 0 Å². The molecule has 0 atom stereocenters. The van der Waals surface area contributed by atoms with E-state index in [9.17, 15) is 0 Å². The van der Waals surface area contributed by atoms with Gasteiger partial charge >= 0.3 is 0 Å². The summed E-state index contributed by atoms with van der Waals surface area (Å²) in [6, 6.07) is 0. The lowest BCUT2D eigenvalue weighted by Gasteiger charge is -2.01. The Kier molecular flexibility index (Phi) is 10.4. The van der Waals surface area contributed by atoms with Gasteiger partial charge in [-0.25, -0.2) is 5.06 Å². The van der Waals surface area contributed by atoms with Crippen molar-refractivity contribution in [2.24, 2.45) is 67.8 Å². The van der Waals surface area contributed by atoms with Gasteiger partial charge in [0.1, 0.15) is 6.34 Å². The topological polar surface area (TPSA) is 232 Å². The van der Waals surface area contributed by atoms with Crippen molar-refractivity contribution in [3.05, 3.63) is 0 Å². The molecule has 0 aromatic carbocycles. The Hall–Kier alpha value is -3.37. The highest BCUT2D eigenvalue weighted by molar-refractivity contribution is 5.48. The highest BCUT2D eigenvalue weighted by Gasteiger charge is 1.86. The standard InChI is InChI=1S/C2H6N16O/c3-1-18(19)2-5-7-9-11-13-15-17-16-14-12-10-8-6-4/h1,3-4,19H,2H2/b3-1?,6-4?,7-5+,10-8+,11-9+,14-12+,15-13+,17-16+. The molecule has 19 heavy (non-hydrogen) atoms. The monoisotopic (exact) mass is 270 g/mol. The third-order valence-electron chi connectivity index (χ3n) is 0.865. The lowest BCUT2D eigenvalue weighted by molar-refractivity contribution is -0.00771. The second-order valence-electron chi connectivity index (χ2n) is 1.94. The molecule has 0 aliphatic rings. The van der Waals surface area contributed by atoms with Crippen molar-refractivity contribution >= 4 is 6.34 Å². The summed E-state index contributed by atoms with van der Waals surface area (Å²) in [6.07, 6.45) is 0.627. The molecular formula is C2H6N16O. The Labute approximate surface area is 103 Å². The van der Waals surface area contributed by atoms with Gasteiger partial charge in [-0.3, -0.25) is 10.6 Å². The van der Waals surface area contributed by atoms with Crippen molar-refractivity contribution < 1.29 is 5.21 Å². The van der Waals surface area contributed by atoms with Crippen molar-refractivity contribution in [2.45, 2.75) is 0 Å². The minimum absolute atomic E-state index is 0.279. The number of hydroxylamine groups is 2. The van der Waals surface area contributed by atoms with Crippen LogP contribution in [0.2, 0.25) is 0 Å². The van der Waals surface area contributed by atoms with Gasteiger partial charge in [0, 0.05) is 0 Å². The fraction of sp³-hybridized carbons (Fsp3) is 0.500. The van der Waals surface area contributed by atoms with Crippen LogP contribution in [0.25, 0.3) is 0 Å². The summed E-state index contributed by atoms with van der Waals surface area (Å²) in [7, 11) is 0. The Balaban J connectivity index is 3.81. The van der Waals surface area contributed by atoms with Crippen LogP contribution in [-0.2, 0) is 0 Å². The van der Waals surface area contributed by atoms with Gasteiger partial charge in [0.25, 0.3) is 0 Å². The van der Waals surface area contributed by atoms with E-state index in [0.717, 1.165) is 0 Å². The minimum Gasteiger partial charge on any atom is -0.289 e. The summed E-state index contributed by atoms with van der Waals surface area (Å²) in [6.45, 7) is -0.279. The normalized spacial score (nSPS) is 12.9. The van der Waals surface area contributed by atoms with E-state index in [1.807, 2.05) is 0 Å². The molecule has 0 aromatic heterocycles. The minimum atomic E-state index is -0.279. The van der Waals surface area contributed by atoms with Crippen LogP contribution in [0.1, 0.15) is 0 Å². The fourth-order valence-corrected chi connectivity index (χ4v) is 0.343. The zero-order valence-corrected chi connectivity index (χ0v) is 8.99. The predicted octanol–water partition coefficient (Wildman–Crippen LogP) is 2.48. The van der Waals surface area contributed by atoms with Crippen molar-refractivity contribution in [1.82, 2.24) is 5.06 Å². The van der Waals surface area contributed by atoms with Crippen LogP contribution in [0.5, 0.6) is 0 Å². The molecule has 0 radical (unpaired) electrons. The Bertz CT molecular complexity index is 412. The molecule has 0 saturated heterocycles. The first-order chi connectivity index (χ1) is 9.31. The van der Waals surface area contributed by atoms with Crippen LogP contribution >= 0.6 is 0 Å². The fourth-order valence-electron chi connectivity index (χ4n) is 0.343. The molecule has 0 fully saturated rings. The van der Waals surface area contributed by atoms with Crippen LogP contribution in [0.4, 0.5) is 0 Å². The quantitative estimate of drug-likeness (QED) is 0.247. The maximum absolute atomic E-state index is 8.68. The Morgan fingerprint density at radius 2 is 1.21 bits per heavy atom. The summed E-state index contributed by atoms with van der Waals surface area (Å²) in [5.74, 6) is 0. The van der Waals surface area contributed by atoms with Gasteiger partial charge in [0.2, 0.25) is 0 Å². The van der Waals surface area contributed by atoms with E-state index in [1.165, 1.54) is 0 Å². The molecule has 0 unspecified atom stereocenters. The van der Waals surface area contributed by atoms with E-state index in [4.69, 9.17) is 16.1 Å². The molecule has 0 spiro atoms. The summed E-state index contributed by atoms with van der Waals surface area (Å²) in [5.41, 5.74) is 6.19. The Morgan fingerprint density at radius 3 is 1.63 bits per heavy atom. The predicted molar refractivity (Wildman–Crippen MR) is 51.6 cm³/mol. The van der Waals surface area contributed by atoms with Crippen LogP contribution in [-0.4, -0.2) is 23.3 Å². The summed E-state index contributed by atoms with van der Waals surface area (Å²) < 4.78 is 0. The Morgan fingerprint density at radius 1 is 0.789 bits per heavy atom. The van der Waals surface area contributed by atoms with Crippen LogP contribution in [0.15, 0.2) is 67.8 Å². The van der Waals surface area contributed by atoms with Gasteiger partial charge in [0.05, 0.1) is 0 Å². The summed E-state index contributed by atoms with van der Waals surface area (Å²) >= 11 is 0. The molecule has 0 aliphatic heterocycles. The van der Waals surface area contributed by atoms with Gasteiger partial charge in [-0.15, -0.1) is 5.11 Å². The molecule has 0 rings (SSSR count). The zero-order chi connectivity index (χ0) is 14.2. The second kappa shape index (κ2) is 12.7. The first kappa shape index (κ1) is 15.6. The number of nitrogens with zero attached hydrogens (tertiary/aromatic N) is 14. The number of nitrogens with one attached hydrogen (secondary N) is 2. The number of hydrogen-bond donors (Lipinski definition) is 3. The maximum atomic E-state index is 8.68. The van der Waals surface area contributed by atoms with Crippen molar-refractivity contribution in [3.8, 4) is 0 Å². The lowest BCUT2D eigenvalue weighted by Crippen LogP contribution is -2.15. The van der Waals surface area contributed by atoms with E-state index in [1.54, 1.807) is 0 Å². The number of hydrogen-bond acceptors (Lipinski definition) is 4. The highest BCUT2D eigenvalue weighted by Crippen LogP contribution is 1.88. The molecule has 17 heteroatoms. The molecule has 0 aromatic rings. The van der Waals surface area contributed by atoms with Gasteiger partial charge in [-0.1, -0.05) is 0 Å². The molecule has 0 aliphatic carbocycles. The van der Waals surface area contributed by atoms with E-state index in [0.29, 0.717) is 11.4 Å². The largest absolute Gasteiger partial charge is 0.289 e. The van der Waals surface area contributed by atoms with Gasteiger partial charge < -0.3 is 0 Å². The average Bonchev–Trinajstić information content (AvgIpc) is 2.43. The molecule has 0 amide bonds. The van der Waals surface area contributed by atoms with E-state index in [-0.39, 0.29) is 6.67 Å². The molecule has 3 N–H and O–H groups in total. The van der Waals surface area contributed by atoms with Crippen LogP contribution in [0.3, 0.4) is 0 Å². The molecule has 0 heterocycles. The molecule has 17 nitrogen and oxygen atoms in total. The van der Waals surface area contributed by atoms with E-state index in [2.05, 4.69) is 67.8 Å².